The Bertz CT molecular complexity index is 867. The van der Waals surface area contributed by atoms with E-state index < -0.39 is 15.9 Å². The summed E-state index contributed by atoms with van der Waals surface area (Å²) in [7, 11) is -3.81. The summed E-state index contributed by atoms with van der Waals surface area (Å²) in [5, 5.41) is 1.53. The highest BCUT2D eigenvalue weighted by molar-refractivity contribution is 7.92. The minimum Gasteiger partial charge on any atom is -0.483 e. The number of amides is 1. The van der Waals surface area contributed by atoms with Gasteiger partial charge in [-0.1, -0.05) is 41.9 Å². The van der Waals surface area contributed by atoms with Gasteiger partial charge in [0.05, 0.1) is 0 Å². The van der Waals surface area contributed by atoms with E-state index in [9.17, 15) is 13.2 Å². The minimum atomic E-state index is -3.81. The van der Waals surface area contributed by atoms with Crippen molar-refractivity contribution >= 4 is 33.6 Å². The molecule has 0 unspecified atom stereocenters. The molecule has 0 aliphatic carbocycles. The molecule has 132 valence electrons. The van der Waals surface area contributed by atoms with E-state index in [4.69, 9.17) is 16.3 Å². The molecule has 2 aromatic rings. The zero-order valence-electron chi connectivity index (χ0n) is 13.4. The molecule has 1 amide bonds. The van der Waals surface area contributed by atoms with Gasteiger partial charge in [-0.25, -0.2) is 8.42 Å². The first kappa shape index (κ1) is 19.0. The van der Waals surface area contributed by atoms with Crippen LogP contribution in [0.25, 0.3) is 6.08 Å². The van der Waals surface area contributed by atoms with Crippen molar-refractivity contribution < 1.29 is 17.9 Å². The van der Waals surface area contributed by atoms with Gasteiger partial charge in [0, 0.05) is 10.4 Å². The van der Waals surface area contributed by atoms with Gasteiger partial charge in [0.1, 0.15) is 5.75 Å². The average Bonchev–Trinajstić information content (AvgIpc) is 2.59. The Labute approximate surface area is 151 Å². The Hall–Kier alpha value is -2.35. The molecule has 0 fully saturated rings. The lowest BCUT2D eigenvalue weighted by Crippen LogP contribution is -2.42. The van der Waals surface area contributed by atoms with Gasteiger partial charge < -0.3 is 4.74 Å². The van der Waals surface area contributed by atoms with Gasteiger partial charge in [0.25, 0.3) is 15.9 Å². The first-order chi connectivity index (χ1) is 11.9. The number of carbonyl (C=O) groups excluding carboxylic acids is 1. The molecule has 0 heterocycles. The molecule has 6 nitrogen and oxygen atoms in total. The van der Waals surface area contributed by atoms with Crippen LogP contribution in [-0.2, 0) is 14.8 Å². The molecule has 0 saturated heterocycles. The van der Waals surface area contributed by atoms with Crippen LogP contribution < -0.4 is 15.0 Å². The van der Waals surface area contributed by atoms with E-state index in [0.717, 1.165) is 16.5 Å². The van der Waals surface area contributed by atoms with Crippen LogP contribution in [0.15, 0.2) is 53.9 Å². The van der Waals surface area contributed by atoms with Gasteiger partial charge >= 0.3 is 0 Å². The number of ether oxygens (including phenoxy) is 1. The van der Waals surface area contributed by atoms with E-state index in [1.54, 1.807) is 49.4 Å². The standard InChI is InChI=1S/C17H17ClN2O4S/c1-13-11-15(18)7-8-16(13)24-12-17(21)19-20-25(22,23)10-9-14-5-3-2-4-6-14/h2-11,20H,12H2,1H3,(H,19,21)/b10-9+. The number of hydrazine groups is 1. The van der Waals surface area contributed by atoms with E-state index in [1.807, 2.05) is 10.9 Å². The molecule has 0 aromatic heterocycles. The summed E-state index contributed by atoms with van der Waals surface area (Å²) < 4.78 is 28.9. The summed E-state index contributed by atoms with van der Waals surface area (Å²) in [6, 6.07) is 13.9. The number of hydrogen-bond acceptors (Lipinski definition) is 4. The maximum Gasteiger partial charge on any atom is 0.272 e. The highest BCUT2D eigenvalue weighted by atomic mass is 35.5. The zero-order valence-corrected chi connectivity index (χ0v) is 15.0. The molecule has 25 heavy (non-hydrogen) atoms. The third kappa shape index (κ3) is 6.58. The summed E-state index contributed by atoms with van der Waals surface area (Å²) >= 11 is 5.84. The van der Waals surface area contributed by atoms with Gasteiger partial charge in [-0.15, -0.1) is 4.83 Å². The second-order valence-electron chi connectivity index (χ2n) is 5.11. The Morgan fingerprint density at radius 2 is 1.92 bits per heavy atom. The van der Waals surface area contributed by atoms with Crippen molar-refractivity contribution in [2.75, 3.05) is 6.61 Å². The molecule has 0 aliphatic rings. The topological polar surface area (TPSA) is 84.5 Å². The van der Waals surface area contributed by atoms with Crippen molar-refractivity contribution in [2.24, 2.45) is 0 Å². The zero-order chi connectivity index (χ0) is 18.3. The fourth-order valence-electron chi connectivity index (χ4n) is 1.85. The van der Waals surface area contributed by atoms with Crippen LogP contribution in [0.2, 0.25) is 5.02 Å². The van der Waals surface area contributed by atoms with Crippen LogP contribution in [0.5, 0.6) is 5.75 Å². The lowest BCUT2D eigenvalue weighted by molar-refractivity contribution is -0.123. The molecule has 0 aliphatic heterocycles. The monoisotopic (exact) mass is 380 g/mol. The first-order valence-electron chi connectivity index (χ1n) is 7.28. The fourth-order valence-corrected chi connectivity index (χ4v) is 2.74. The van der Waals surface area contributed by atoms with E-state index >= 15 is 0 Å². The molecule has 2 rings (SSSR count). The second-order valence-corrected chi connectivity index (χ2v) is 7.11. The first-order valence-corrected chi connectivity index (χ1v) is 9.21. The summed E-state index contributed by atoms with van der Waals surface area (Å²) in [5.41, 5.74) is 3.57. The molecule has 0 spiro atoms. The van der Waals surface area contributed by atoms with E-state index in [1.165, 1.54) is 6.08 Å². The maximum atomic E-state index is 11.8. The number of halogens is 1. The third-order valence-electron chi connectivity index (χ3n) is 3.07. The second kappa shape index (κ2) is 8.66. The van der Waals surface area contributed by atoms with E-state index in [-0.39, 0.29) is 6.61 Å². The van der Waals surface area contributed by atoms with Gasteiger partial charge in [-0.05, 0) is 42.3 Å². The highest BCUT2D eigenvalue weighted by Gasteiger charge is 2.09. The van der Waals surface area contributed by atoms with Gasteiger partial charge in [0.15, 0.2) is 6.61 Å². The lowest BCUT2D eigenvalue weighted by Gasteiger charge is -2.10. The smallest absolute Gasteiger partial charge is 0.272 e. The largest absolute Gasteiger partial charge is 0.483 e. The summed E-state index contributed by atoms with van der Waals surface area (Å²) in [6.07, 6.45) is 1.42. The molecule has 2 N–H and O–H groups in total. The molecule has 2 aromatic carbocycles. The number of benzene rings is 2. The third-order valence-corrected chi connectivity index (χ3v) is 4.18. The summed E-state index contributed by atoms with van der Waals surface area (Å²) in [4.78, 5) is 13.7. The number of carbonyl (C=O) groups is 1. The van der Waals surface area contributed by atoms with E-state index in [2.05, 4.69) is 5.43 Å². The number of hydrogen-bond donors (Lipinski definition) is 2. The van der Waals surface area contributed by atoms with Crippen LogP contribution in [0, 0.1) is 6.92 Å². The van der Waals surface area contributed by atoms with Crippen molar-refractivity contribution in [3.8, 4) is 5.75 Å². The summed E-state index contributed by atoms with van der Waals surface area (Å²) in [6.45, 7) is 1.45. The number of rotatable bonds is 7. The maximum absolute atomic E-state index is 11.8. The molecule has 0 atom stereocenters. The van der Waals surface area contributed by atoms with Crippen LogP contribution in [-0.4, -0.2) is 20.9 Å². The van der Waals surface area contributed by atoms with Crippen LogP contribution in [0.1, 0.15) is 11.1 Å². The number of nitrogens with one attached hydrogen (secondary N) is 2. The van der Waals surface area contributed by atoms with E-state index in [0.29, 0.717) is 10.8 Å². The van der Waals surface area contributed by atoms with Crippen molar-refractivity contribution in [2.45, 2.75) is 6.92 Å². The SMILES string of the molecule is Cc1cc(Cl)ccc1OCC(=O)NNS(=O)(=O)/C=C/c1ccccc1. The number of sulfonamides is 1. The molecule has 8 heteroatoms. The van der Waals surface area contributed by atoms with Crippen LogP contribution >= 0.6 is 11.6 Å². The predicted octanol–water partition coefficient (Wildman–Crippen LogP) is 2.65. The van der Waals surface area contributed by atoms with Crippen molar-refractivity contribution in [3.05, 3.63) is 70.1 Å². The average molecular weight is 381 g/mol. The lowest BCUT2D eigenvalue weighted by atomic mass is 10.2. The fraction of sp³-hybridized carbons (Fsp3) is 0.118. The Morgan fingerprint density at radius 1 is 1.20 bits per heavy atom. The quantitative estimate of drug-likeness (QED) is 0.723. The molecule has 0 saturated carbocycles. The predicted molar refractivity (Wildman–Crippen MR) is 97.4 cm³/mol. The van der Waals surface area contributed by atoms with Crippen LogP contribution in [0.3, 0.4) is 0 Å². The van der Waals surface area contributed by atoms with Crippen molar-refractivity contribution in [1.82, 2.24) is 10.3 Å². The highest BCUT2D eigenvalue weighted by Crippen LogP contribution is 2.21. The molecule has 0 bridgehead atoms. The summed E-state index contributed by atoms with van der Waals surface area (Å²) in [5.74, 6) is -0.141. The van der Waals surface area contributed by atoms with Crippen molar-refractivity contribution in [3.63, 3.8) is 0 Å². The Balaban J connectivity index is 1.83. The molecule has 0 radical (unpaired) electrons. The molecular weight excluding hydrogens is 364 g/mol. The molecular formula is C17H17ClN2O4S. The minimum absolute atomic E-state index is 0.340. The van der Waals surface area contributed by atoms with Gasteiger partial charge in [-0.3, -0.25) is 10.2 Å². The van der Waals surface area contributed by atoms with Crippen molar-refractivity contribution in [1.29, 1.82) is 0 Å². The van der Waals surface area contributed by atoms with Crippen LogP contribution in [0.4, 0.5) is 0 Å². The Morgan fingerprint density at radius 3 is 2.60 bits per heavy atom. The van der Waals surface area contributed by atoms with Gasteiger partial charge in [0.2, 0.25) is 0 Å². The normalized spacial score (nSPS) is 11.4. The Kier molecular flexibility index (Phi) is 6.58. The van der Waals surface area contributed by atoms with Gasteiger partial charge in [-0.2, -0.15) is 0 Å². The number of aryl methyl sites for hydroxylation is 1.